The number of carbonyl (C=O) groups excluding carboxylic acids is 1. The maximum absolute atomic E-state index is 12.7. The number of hydrogen-bond acceptors (Lipinski definition) is 2. The van der Waals surface area contributed by atoms with Crippen molar-refractivity contribution in [2.45, 2.75) is 39.7 Å². The van der Waals surface area contributed by atoms with Gasteiger partial charge in [0.1, 0.15) is 0 Å². The number of aryl methyl sites for hydroxylation is 2. The van der Waals surface area contributed by atoms with E-state index in [1.807, 2.05) is 32.5 Å². The quantitative estimate of drug-likeness (QED) is 0.874. The molecular formula is C17H22F2N4O. The van der Waals surface area contributed by atoms with E-state index < -0.39 is 12.5 Å². The molecule has 7 heteroatoms. The summed E-state index contributed by atoms with van der Waals surface area (Å²) in [6.07, 6.45) is -1.92. The molecule has 1 atom stereocenters. The Morgan fingerprint density at radius 3 is 2.62 bits per heavy atom. The first-order valence-corrected chi connectivity index (χ1v) is 7.72. The summed E-state index contributed by atoms with van der Waals surface area (Å²) in [6.45, 7) is 5.81. The van der Waals surface area contributed by atoms with Gasteiger partial charge in [0.2, 0.25) is 0 Å². The van der Waals surface area contributed by atoms with Crippen molar-refractivity contribution >= 4 is 11.7 Å². The van der Waals surface area contributed by atoms with Crippen LogP contribution in [0.1, 0.15) is 35.9 Å². The van der Waals surface area contributed by atoms with Gasteiger partial charge in [0.25, 0.3) is 6.43 Å². The van der Waals surface area contributed by atoms with Crippen molar-refractivity contribution < 1.29 is 13.6 Å². The molecule has 0 spiro atoms. The molecule has 24 heavy (non-hydrogen) atoms. The normalized spacial score (nSPS) is 12.3. The predicted octanol–water partition coefficient (Wildman–Crippen LogP) is 3.73. The van der Waals surface area contributed by atoms with Crippen LogP contribution in [0.25, 0.3) is 0 Å². The van der Waals surface area contributed by atoms with Crippen LogP contribution >= 0.6 is 0 Å². The standard InChI is InChI=1S/C17H22F2N4O/c1-10(8-15-11(2)22-23(4)12(15)3)20-17(24)21-14-7-5-6-13(9-14)16(18)19/h5-7,9-10,16H,8H2,1-4H3,(H2,20,21,24)/t10-/m0/s1. The molecule has 1 aromatic carbocycles. The summed E-state index contributed by atoms with van der Waals surface area (Å²) < 4.78 is 27.2. The fourth-order valence-electron chi connectivity index (χ4n) is 2.61. The molecule has 2 rings (SSSR count). The Balaban J connectivity index is 1.95. The van der Waals surface area contributed by atoms with Crippen molar-refractivity contribution in [1.29, 1.82) is 0 Å². The van der Waals surface area contributed by atoms with E-state index in [1.54, 1.807) is 6.07 Å². The largest absolute Gasteiger partial charge is 0.335 e. The molecule has 0 aliphatic rings. The van der Waals surface area contributed by atoms with Crippen molar-refractivity contribution in [3.05, 3.63) is 46.8 Å². The highest BCUT2D eigenvalue weighted by Gasteiger charge is 2.15. The second-order valence-electron chi connectivity index (χ2n) is 5.90. The Morgan fingerprint density at radius 2 is 2.04 bits per heavy atom. The lowest BCUT2D eigenvalue weighted by Crippen LogP contribution is -2.37. The molecule has 5 nitrogen and oxygen atoms in total. The molecule has 2 N–H and O–H groups in total. The third-order valence-electron chi connectivity index (χ3n) is 3.94. The highest BCUT2D eigenvalue weighted by Crippen LogP contribution is 2.21. The van der Waals surface area contributed by atoms with Crippen molar-refractivity contribution in [3.63, 3.8) is 0 Å². The molecule has 1 heterocycles. The number of alkyl halides is 2. The van der Waals surface area contributed by atoms with Crippen LogP contribution in [0.5, 0.6) is 0 Å². The molecule has 0 fully saturated rings. The van der Waals surface area contributed by atoms with E-state index in [9.17, 15) is 13.6 Å². The van der Waals surface area contributed by atoms with Gasteiger partial charge in [-0.25, -0.2) is 13.6 Å². The van der Waals surface area contributed by atoms with Gasteiger partial charge in [-0.15, -0.1) is 0 Å². The van der Waals surface area contributed by atoms with Crippen LogP contribution in [0, 0.1) is 13.8 Å². The molecule has 130 valence electrons. The van der Waals surface area contributed by atoms with Crippen molar-refractivity contribution in [1.82, 2.24) is 15.1 Å². The Bertz CT molecular complexity index is 727. The van der Waals surface area contributed by atoms with E-state index in [4.69, 9.17) is 0 Å². The molecule has 0 aliphatic carbocycles. The Hall–Kier alpha value is -2.44. The van der Waals surface area contributed by atoms with Crippen LogP contribution < -0.4 is 10.6 Å². The minimum absolute atomic E-state index is 0.120. The molecule has 0 radical (unpaired) electrons. The van der Waals surface area contributed by atoms with Crippen LogP contribution in [-0.2, 0) is 13.5 Å². The lowest BCUT2D eigenvalue weighted by molar-refractivity contribution is 0.151. The van der Waals surface area contributed by atoms with Crippen LogP contribution in [0.4, 0.5) is 19.3 Å². The first-order chi connectivity index (χ1) is 11.3. The highest BCUT2D eigenvalue weighted by molar-refractivity contribution is 5.89. The number of carbonyl (C=O) groups is 1. The maximum atomic E-state index is 12.7. The van der Waals surface area contributed by atoms with E-state index in [0.717, 1.165) is 17.0 Å². The molecular weight excluding hydrogens is 314 g/mol. The third kappa shape index (κ3) is 4.31. The first-order valence-electron chi connectivity index (χ1n) is 7.72. The Morgan fingerprint density at radius 1 is 1.33 bits per heavy atom. The second-order valence-corrected chi connectivity index (χ2v) is 5.90. The van der Waals surface area contributed by atoms with Gasteiger partial charge in [-0.3, -0.25) is 4.68 Å². The summed E-state index contributed by atoms with van der Waals surface area (Å²) >= 11 is 0. The summed E-state index contributed by atoms with van der Waals surface area (Å²) in [6, 6.07) is 5.11. The zero-order valence-electron chi connectivity index (χ0n) is 14.2. The summed E-state index contributed by atoms with van der Waals surface area (Å²) in [5, 5.41) is 9.75. The monoisotopic (exact) mass is 336 g/mol. The molecule has 1 aromatic heterocycles. The number of urea groups is 1. The zero-order chi connectivity index (χ0) is 17.9. The minimum atomic E-state index is -2.56. The van der Waals surface area contributed by atoms with Gasteiger partial charge in [-0.05, 0) is 44.9 Å². The number of hydrogen-bond donors (Lipinski definition) is 2. The number of aromatic nitrogens is 2. The Labute approximate surface area is 140 Å². The fourth-order valence-corrected chi connectivity index (χ4v) is 2.61. The average Bonchev–Trinajstić information content (AvgIpc) is 2.73. The van der Waals surface area contributed by atoms with E-state index in [2.05, 4.69) is 15.7 Å². The van der Waals surface area contributed by atoms with E-state index in [1.165, 1.54) is 18.2 Å². The summed E-state index contributed by atoms with van der Waals surface area (Å²) in [5.74, 6) is 0. The highest BCUT2D eigenvalue weighted by atomic mass is 19.3. The van der Waals surface area contributed by atoms with Gasteiger partial charge in [0.15, 0.2) is 0 Å². The second kappa shape index (κ2) is 7.42. The summed E-state index contributed by atoms with van der Waals surface area (Å²) in [4.78, 5) is 12.0. The SMILES string of the molecule is Cc1nn(C)c(C)c1C[C@H](C)NC(=O)Nc1cccc(C(F)F)c1. The molecule has 0 saturated heterocycles. The number of benzene rings is 1. The number of amides is 2. The van der Waals surface area contributed by atoms with Gasteiger partial charge in [0, 0.05) is 30.0 Å². The van der Waals surface area contributed by atoms with E-state index in [0.29, 0.717) is 12.1 Å². The van der Waals surface area contributed by atoms with Gasteiger partial charge in [-0.1, -0.05) is 12.1 Å². The lowest BCUT2D eigenvalue weighted by atomic mass is 10.1. The van der Waals surface area contributed by atoms with Gasteiger partial charge < -0.3 is 10.6 Å². The number of anilines is 1. The van der Waals surface area contributed by atoms with Crippen molar-refractivity contribution in [2.75, 3.05) is 5.32 Å². The molecule has 0 bridgehead atoms. The smallest absolute Gasteiger partial charge is 0.319 e. The molecule has 0 saturated carbocycles. The van der Waals surface area contributed by atoms with Crippen LogP contribution in [0.15, 0.2) is 24.3 Å². The van der Waals surface area contributed by atoms with Gasteiger partial charge >= 0.3 is 6.03 Å². The summed E-state index contributed by atoms with van der Waals surface area (Å²) in [7, 11) is 1.88. The number of nitrogens with one attached hydrogen (secondary N) is 2. The topological polar surface area (TPSA) is 59.0 Å². The van der Waals surface area contributed by atoms with Crippen LogP contribution in [0.2, 0.25) is 0 Å². The van der Waals surface area contributed by atoms with E-state index >= 15 is 0 Å². The molecule has 0 unspecified atom stereocenters. The lowest BCUT2D eigenvalue weighted by Gasteiger charge is -2.15. The Kier molecular flexibility index (Phi) is 5.54. The number of nitrogens with zero attached hydrogens (tertiary/aromatic N) is 2. The van der Waals surface area contributed by atoms with Crippen molar-refractivity contribution in [2.24, 2.45) is 7.05 Å². The van der Waals surface area contributed by atoms with Crippen LogP contribution in [-0.4, -0.2) is 21.9 Å². The fraction of sp³-hybridized carbons (Fsp3) is 0.412. The summed E-state index contributed by atoms with van der Waals surface area (Å²) in [5.41, 5.74) is 3.32. The average molecular weight is 336 g/mol. The van der Waals surface area contributed by atoms with E-state index in [-0.39, 0.29) is 11.6 Å². The number of halogens is 2. The zero-order valence-corrected chi connectivity index (χ0v) is 14.2. The molecule has 2 aromatic rings. The molecule has 0 aliphatic heterocycles. The predicted molar refractivity (Wildman–Crippen MR) is 89.4 cm³/mol. The number of rotatable bonds is 5. The third-order valence-corrected chi connectivity index (χ3v) is 3.94. The maximum Gasteiger partial charge on any atom is 0.319 e. The van der Waals surface area contributed by atoms with Crippen LogP contribution in [0.3, 0.4) is 0 Å². The van der Waals surface area contributed by atoms with Crippen molar-refractivity contribution in [3.8, 4) is 0 Å². The van der Waals surface area contributed by atoms with Gasteiger partial charge in [0.05, 0.1) is 5.69 Å². The molecule has 2 amide bonds. The first kappa shape index (κ1) is 17.9. The van der Waals surface area contributed by atoms with Gasteiger partial charge in [-0.2, -0.15) is 5.10 Å². The minimum Gasteiger partial charge on any atom is -0.335 e.